The molecule has 1 nitrogen and oxygen atoms in total. The van der Waals surface area contributed by atoms with Crippen molar-refractivity contribution in [3.8, 4) is 0 Å². The second-order valence-electron chi connectivity index (χ2n) is 13.2. The minimum absolute atomic E-state index is 0.862. The van der Waals surface area contributed by atoms with Gasteiger partial charge in [0.25, 0.3) is 0 Å². The van der Waals surface area contributed by atoms with Crippen LogP contribution in [0.2, 0.25) is 0 Å². The van der Waals surface area contributed by atoms with E-state index in [4.69, 9.17) is 0 Å². The van der Waals surface area contributed by atoms with Crippen LogP contribution in [0.4, 0.5) is 0 Å². The largest absolute Gasteiger partial charge is 0.321 e. The molecule has 0 bridgehead atoms. The molecule has 0 fully saturated rings. The standard InChI is InChI=1S/C37H78N/c1-6-10-14-18-22-26-30-34-38(35-31-27-23-19-15-11-7-2,36-32-28-24-20-16-12-8-3)37(5)33-29-25-21-17-13-9-4/h37H,6-36H2,1-5H3/q+1. The Kier molecular flexibility index (Phi) is 29.9. The van der Waals surface area contributed by atoms with Crippen LogP contribution >= 0.6 is 0 Å². The summed E-state index contributed by atoms with van der Waals surface area (Å²) in [5.41, 5.74) is 0. The van der Waals surface area contributed by atoms with Gasteiger partial charge in [0.05, 0.1) is 25.7 Å². The monoisotopic (exact) mass is 537 g/mol. The quantitative estimate of drug-likeness (QED) is 0.0592. The fraction of sp³-hybridized carbons (Fsp3) is 1.00. The van der Waals surface area contributed by atoms with Gasteiger partial charge in [-0.25, -0.2) is 0 Å². The van der Waals surface area contributed by atoms with E-state index in [0.717, 1.165) is 6.04 Å². The molecule has 230 valence electrons. The van der Waals surface area contributed by atoms with Crippen LogP contribution in [0.25, 0.3) is 0 Å². The Morgan fingerprint density at radius 2 is 0.553 bits per heavy atom. The first kappa shape index (κ1) is 38.0. The van der Waals surface area contributed by atoms with Gasteiger partial charge in [-0.15, -0.1) is 0 Å². The summed E-state index contributed by atoms with van der Waals surface area (Å²) in [6.45, 7) is 16.4. The molecule has 0 aromatic carbocycles. The number of unbranched alkanes of at least 4 members (excludes halogenated alkanes) is 23. The molecular weight excluding hydrogens is 458 g/mol. The fourth-order valence-corrected chi connectivity index (χ4v) is 6.64. The zero-order valence-electron chi connectivity index (χ0n) is 27.9. The van der Waals surface area contributed by atoms with Crippen molar-refractivity contribution < 1.29 is 4.48 Å². The van der Waals surface area contributed by atoms with Gasteiger partial charge in [-0.05, 0) is 58.3 Å². The van der Waals surface area contributed by atoms with Crippen molar-refractivity contribution in [1.82, 2.24) is 0 Å². The van der Waals surface area contributed by atoms with Crippen LogP contribution in [0, 0.1) is 0 Å². The third-order valence-corrected chi connectivity index (χ3v) is 9.53. The Bertz CT molecular complexity index is 385. The highest BCUT2D eigenvalue weighted by molar-refractivity contribution is 4.61. The van der Waals surface area contributed by atoms with Gasteiger partial charge in [-0.3, -0.25) is 0 Å². The van der Waals surface area contributed by atoms with E-state index < -0.39 is 0 Å². The molecule has 0 saturated carbocycles. The molecule has 0 heterocycles. The number of quaternary nitrogens is 1. The molecule has 0 aliphatic carbocycles. The molecule has 0 radical (unpaired) electrons. The van der Waals surface area contributed by atoms with Gasteiger partial charge in [0, 0.05) is 0 Å². The predicted molar refractivity (Wildman–Crippen MR) is 176 cm³/mol. The Balaban J connectivity index is 4.99. The normalized spacial score (nSPS) is 12.9. The zero-order valence-corrected chi connectivity index (χ0v) is 27.9. The molecule has 1 heteroatoms. The van der Waals surface area contributed by atoms with Crippen LogP contribution in [-0.4, -0.2) is 30.2 Å². The van der Waals surface area contributed by atoms with Crippen LogP contribution in [0.3, 0.4) is 0 Å². The van der Waals surface area contributed by atoms with Gasteiger partial charge in [0.15, 0.2) is 0 Å². The summed E-state index contributed by atoms with van der Waals surface area (Å²) in [4.78, 5) is 0. The molecule has 0 amide bonds. The van der Waals surface area contributed by atoms with E-state index in [1.54, 1.807) is 0 Å². The molecule has 0 N–H and O–H groups in total. The second kappa shape index (κ2) is 29.9. The summed E-state index contributed by atoms with van der Waals surface area (Å²) in [7, 11) is 0. The average molecular weight is 537 g/mol. The lowest BCUT2D eigenvalue weighted by Crippen LogP contribution is -2.56. The van der Waals surface area contributed by atoms with Crippen LogP contribution in [0.1, 0.15) is 214 Å². The highest BCUT2D eigenvalue weighted by Gasteiger charge is 2.32. The van der Waals surface area contributed by atoms with E-state index in [0.29, 0.717) is 0 Å². The third-order valence-electron chi connectivity index (χ3n) is 9.53. The molecule has 1 atom stereocenters. The number of hydrogen-bond acceptors (Lipinski definition) is 0. The zero-order chi connectivity index (χ0) is 28.0. The van der Waals surface area contributed by atoms with Crippen molar-refractivity contribution in [3.63, 3.8) is 0 Å². The molecule has 0 aliphatic rings. The van der Waals surface area contributed by atoms with Gasteiger partial charge < -0.3 is 4.48 Å². The van der Waals surface area contributed by atoms with Crippen LogP contribution < -0.4 is 0 Å². The smallest absolute Gasteiger partial charge is 0.0861 e. The number of nitrogens with zero attached hydrogens (tertiary/aromatic N) is 1. The van der Waals surface area contributed by atoms with Crippen molar-refractivity contribution in [1.29, 1.82) is 0 Å². The molecule has 0 aliphatic heterocycles. The first-order valence-corrected chi connectivity index (χ1v) is 18.5. The van der Waals surface area contributed by atoms with Gasteiger partial charge in [0.2, 0.25) is 0 Å². The van der Waals surface area contributed by atoms with E-state index in [2.05, 4.69) is 34.6 Å². The number of rotatable bonds is 32. The Morgan fingerprint density at radius 3 is 0.842 bits per heavy atom. The Labute approximate surface area is 244 Å². The van der Waals surface area contributed by atoms with Crippen molar-refractivity contribution in [2.45, 2.75) is 220 Å². The van der Waals surface area contributed by atoms with E-state index in [1.807, 2.05) is 0 Å². The minimum atomic E-state index is 0.862. The summed E-state index contributed by atoms with van der Waals surface area (Å²) in [5, 5.41) is 0. The van der Waals surface area contributed by atoms with Crippen LogP contribution in [-0.2, 0) is 0 Å². The maximum Gasteiger partial charge on any atom is 0.0861 e. The fourth-order valence-electron chi connectivity index (χ4n) is 6.64. The average Bonchev–Trinajstić information content (AvgIpc) is 2.92. The molecule has 0 rings (SSSR count). The predicted octanol–water partition coefficient (Wildman–Crippen LogP) is 13.2. The molecule has 38 heavy (non-hydrogen) atoms. The molecule has 0 spiro atoms. The lowest BCUT2D eigenvalue weighted by molar-refractivity contribution is -0.950. The van der Waals surface area contributed by atoms with Crippen molar-refractivity contribution in [3.05, 3.63) is 0 Å². The summed E-state index contributed by atoms with van der Waals surface area (Å²) >= 11 is 0. The summed E-state index contributed by atoms with van der Waals surface area (Å²) < 4.78 is 1.47. The molecular formula is C37H78N+. The first-order valence-electron chi connectivity index (χ1n) is 18.5. The maximum atomic E-state index is 2.66. The lowest BCUT2D eigenvalue weighted by Gasteiger charge is -2.45. The van der Waals surface area contributed by atoms with Gasteiger partial charge in [-0.2, -0.15) is 0 Å². The van der Waals surface area contributed by atoms with Crippen molar-refractivity contribution in [2.75, 3.05) is 19.6 Å². The van der Waals surface area contributed by atoms with Crippen molar-refractivity contribution in [2.24, 2.45) is 0 Å². The van der Waals surface area contributed by atoms with Gasteiger partial charge >= 0.3 is 0 Å². The van der Waals surface area contributed by atoms with Crippen LogP contribution in [0.15, 0.2) is 0 Å². The van der Waals surface area contributed by atoms with Gasteiger partial charge in [-0.1, -0.05) is 156 Å². The molecule has 0 aromatic rings. The highest BCUT2D eigenvalue weighted by Crippen LogP contribution is 2.26. The topological polar surface area (TPSA) is 0 Å². The lowest BCUT2D eigenvalue weighted by atomic mass is 9.99. The van der Waals surface area contributed by atoms with Crippen LogP contribution in [0.5, 0.6) is 0 Å². The van der Waals surface area contributed by atoms with E-state index in [-0.39, 0.29) is 0 Å². The van der Waals surface area contributed by atoms with E-state index in [9.17, 15) is 0 Å². The molecule has 0 aromatic heterocycles. The molecule has 0 saturated heterocycles. The first-order chi connectivity index (χ1) is 18.7. The highest BCUT2D eigenvalue weighted by atomic mass is 15.4. The van der Waals surface area contributed by atoms with Crippen molar-refractivity contribution >= 4 is 0 Å². The third kappa shape index (κ3) is 22.7. The van der Waals surface area contributed by atoms with E-state index in [1.165, 1.54) is 204 Å². The van der Waals surface area contributed by atoms with Gasteiger partial charge in [0.1, 0.15) is 0 Å². The minimum Gasteiger partial charge on any atom is -0.321 e. The maximum absolute atomic E-state index is 2.66. The second-order valence-corrected chi connectivity index (χ2v) is 13.2. The summed E-state index contributed by atoms with van der Waals surface area (Å²) in [5.74, 6) is 0. The number of hydrogen-bond donors (Lipinski definition) is 0. The Hall–Kier alpha value is -0.0400. The SMILES string of the molecule is CCCCCCCCC[N+](CCCCCCCCC)(CCCCCCCCC)C(C)CCCCCCCC. The summed E-state index contributed by atoms with van der Waals surface area (Å²) in [6.07, 6.45) is 40.6. The van der Waals surface area contributed by atoms with E-state index >= 15 is 0 Å². The Morgan fingerprint density at radius 1 is 0.316 bits per heavy atom. The summed E-state index contributed by atoms with van der Waals surface area (Å²) in [6, 6.07) is 0.862. The molecule has 1 unspecified atom stereocenters.